The summed E-state index contributed by atoms with van der Waals surface area (Å²) in [7, 11) is 0. The molecule has 114 valence electrons. The zero-order valence-corrected chi connectivity index (χ0v) is 13.9. The van der Waals surface area contributed by atoms with Crippen molar-refractivity contribution < 1.29 is 14.4 Å². The second-order valence-corrected chi connectivity index (χ2v) is 7.18. The van der Waals surface area contributed by atoms with E-state index in [1.54, 1.807) is 6.92 Å². The molecule has 0 aromatic carbocycles. The summed E-state index contributed by atoms with van der Waals surface area (Å²) in [6.07, 6.45) is 2.85. The van der Waals surface area contributed by atoms with Gasteiger partial charge in [-0.05, 0) is 47.8 Å². The van der Waals surface area contributed by atoms with Crippen LogP contribution in [-0.4, -0.2) is 24.1 Å². The number of rotatable bonds is 5. The van der Waals surface area contributed by atoms with Gasteiger partial charge in [-0.15, -0.1) is 11.3 Å². The van der Waals surface area contributed by atoms with Gasteiger partial charge in [0.2, 0.25) is 5.91 Å². The van der Waals surface area contributed by atoms with E-state index in [4.69, 9.17) is 4.84 Å². The van der Waals surface area contributed by atoms with Crippen molar-refractivity contribution in [2.24, 2.45) is 11.1 Å². The number of carbonyl (C=O) groups excluding carboxylic acids is 2. The van der Waals surface area contributed by atoms with Gasteiger partial charge in [0.15, 0.2) is 6.61 Å². The molecule has 0 radical (unpaired) electrons. The van der Waals surface area contributed by atoms with Gasteiger partial charge in [-0.1, -0.05) is 11.6 Å². The maximum Gasteiger partial charge on any atom is 0.279 e. The summed E-state index contributed by atoms with van der Waals surface area (Å²) < 4.78 is 1.00. The Hall–Kier alpha value is -1.41. The standard InChI is InChI=1S/C13H16BrN3O3S/c1-8(10-5-6-11(14)21-10)17-20-7-12(18)15-16-13(19)9-3-2-4-9/h5-6,9H,2-4,7H2,1H3,(H,15,18)(H,16,19)/b17-8+. The maximum atomic E-state index is 11.5. The third kappa shape index (κ3) is 4.82. The number of hydrogen-bond acceptors (Lipinski definition) is 5. The number of thiophene rings is 1. The Labute approximate surface area is 135 Å². The van der Waals surface area contributed by atoms with E-state index in [1.807, 2.05) is 12.1 Å². The Bertz CT molecular complexity index is 555. The van der Waals surface area contributed by atoms with Crippen molar-refractivity contribution in [1.29, 1.82) is 0 Å². The molecule has 1 saturated carbocycles. The van der Waals surface area contributed by atoms with Crippen LogP contribution in [0.2, 0.25) is 0 Å². The second-order valence-electron chi connectivity index (χ2n) is 4.72. The summed E-state index contributed by atoms with van der Waals surface area (Å²) in [6.45, 7) is 1.56. The van der Waals surface area contributed by atoms with Crippen molar-refractivity contribution >= 4 is 44.8 Å². The first-order valence-electron chi connectivity index (χ1n) is 6.57. The quantitative estimate of drug-likeness (QED) is 0.613. The summed E-state index contributed by atoms with van der Waals surface area (Å²) >= 11 is 4.90. The highest BCUT2D eigenvalue weighted by Crippen LogP contribution is 2.25. The van der Waals surface area contributed by atoms with E-state index in [0.717, 1.165) is 27.9 Å². The van der Waals surface area contributed by atoms with Crippen LogP contribution in [0.25, 0.3) is 0 Å². The minimum Gasteiger partial charge on any atom is -0.385 e. The normalized spacial score (nSPS) is 15.2. The molecule has 21 heavy (non-hydrogen) atoms. The molecule has 0 spiro atoms. The smallest absolute Gasteiger partial charge is 0.279 e. The van der Waals surface area contributed by atoms with Gasteiger partial charge in [-0.25, -0.2) is 0 Å². The van der Waals surface area contributed by atoms with Crippen LogP contribution in [-0.2, 0) is 14.4 Å². The van der Waals surface area contributed by atoms with Gasteiger partial charge in [0, 0.05) is 5.92 Å². The molecule has 0 aliphatic heterocycles. The molecular weight excluding hydrogens is 358 g/mol. The molecule has 1 aliphatic rings. The Morgan fingerprint density at radius 1 is 1.43 bits per heavy atom. The van der Waals surface area contributed by atoms with Crippen LogP contribution in [0, 0.1) is 5.92 Å². The Morgan fingerprint density at radius 3 is 2.76 bits per heavy atom. The van der Waals surface area contributed by atoms with Crippen molar-refractivity contribution in [2.75, 3.05) is 6.61 Å². The number of carbonyl (C=O) groups is 2. The van der Waals surface area contributed by atoms with Crippen molar-refractivity contribution in [3.8, 4) is 0 Å². The molecule has 1 aromatic heterocycles. The fourth-order valence-corrected chi connectivity index (χ4v) is 3.00. The minimum absolute atomic E-state index is 0.0313. The van der Waals surface area contributed by atoms with Crippen molar-refractivity contribution in [2.45, 2.75) is 26.2 Å². The van der Waals surface area contributed by atoms with Gasteiger partial charge in [0.1, 0.15) is 0 Å². The molecule has 1 aliphatic carbocycles. The van der Waals surface area contributed by atoms with Crippen LogP contribution in [0.5, 0.6) is 0 Å². The van der Waals surface area contributed by atoms with Gasteiger partial charge in [0.05, 0.1) is 14.4 Å². The molecule has 2 rings (SSSR count). The van der Waals surface area contributed by atoms with Gasteiger partial charge in [-0.2, -0.15) is 0 Å². The fourth-order valence-electron chi connectivity index (χ4n) is 1.68. The SMILES string of the molecule is C/C(=N\OCC(=O)NNC(=O)C1CCC1)c1ccc(Br)s1. The predicted octanol–water partition coefficient (Wildman–Crippen LogP) is 2.20. The number of halogens is 1. The highest BCUT2D eigenvalue weighted by atomic mass is 79.9. The monoisotopic (exact) mass is 373 g/mol. The predicted molar refractivity (Wildman–Crippen MR) is 83.8 cm³/mol. The summed E-state index contributed by atoms with van der Waals surface area (Å²) in [5, 5.41) is 3.87. The van der Waals surface area contributed by atoms with Crippen LogP contribution < -0.4 is 10.9 Å². The molecule has 2 N–H and O–H groups in total. The van der Waals surface area contributed by atoms with E-state index < -0.39 is 5.91 Å². The number of hydrazine groups is 1. The Balaban J connectivity index is 1.67. The number of hydrogen-bond donors (Lipinski definition) is 2. The molecule has 1 aromatic rings. The molecule has 1 fully saturated rings. The first kappa shape index (κ1) is 16.0. The van der Waals surface area contributed by atoms with Gasteiger partial charge >= 0.3 is 0 Å². The topological polar surface area (TPSA) is 79.8 Å². The molecule has 8 heteroatoms. The lowest BCUT2D eigenvalue weighted by Gasteiger charge is -2.23. The molecule has 0 saturated heterocycles. The number of oxime groups is 1. The average Bonchev–Trinajstić information content (AvgIpc) is 2.81. The summed E-state index contributed by atoms with van der Waals surface area (Å²) in [5.41, 5.74) is 5.39. The van der Waals surface area contributed by atoms with E-state index >= 15 is 0 Å². The van der Waals surface area contributed by atoms with Gasteiger partial charge in [0.25, 0.3) is 5.91 Å². The van der Waals surface area contributed by atoms with Crippen LogP contribution in [0.4, 0.5) is 0 Å². The van der Waals surface area contributed by atoms with Crippen LogP contribution >= 0.6 is 27.3 Å². The first-order chi connectivity index (χ1) is 10.1. The lowest BCUT2D eigenvalue weighted by molar-refractivity contribution is -0.134. The summed E-state index contributed by atoms with van der Waals surface area (Å²) in [6, 6.07) is 3.83. The Kier molecular flexibility index (Phi) is 5.75. The second kappa shape index (κ2) is 7.56. The third-order valence-corrected chi connectivity index (χ3v) is 4.86. The van der Waals surface area contributed by atoms with Gasteiger partial charge < -0.3 is 4.84 Å². The minimum atomic E-state index is -0.438. The summed E-state index contributed by atoms with van der Waals surface area (Å²) in [5.74, 6) is -0.548. The largest absolute Gasteiger partial charge is 0.385 e. The third-order valence-electron chi connectivity index (χ3n) is 3.13. The van der Waals surface area contributed by atoms with Crippen molar-refractivity contribution in [3.05, 3.63) is 20.8 Å². The number of nitrogens with zero attached hydrogens (tertiary/aromatic N) is 1. The molecule has 0 unspecified atom stereocenters. The lowest BCUT2D eigenvalue weighted by atomic mass is 9.85. The lowest BCUT2D eigenvalue weighted by Crippen LogP contribution is -2.47. The molecule has 1 heterocycles. The van der Waals surface area contributed by atoms with E-state index in [9.17, 15) is 9.59 Å². The molecule has 0 atom stereocenters. The zero-order valence-electron chi connectivity index (χ0n) is 11.5. The van der Waals surface area contributed by atoms with Crippen molar-refractivity contribution in [1.82, 2.24) is 10.9 Å². The van der Waals surface area contributed by atoms with E-state index in [-0.39, 0.29) is 18.4 Å². The van der Waals surface area contributed by atoms with E-state index in [0.29, 0.717) is 5.71 Å². The summed E-state index contributed by atoms with van der Waals surface area (Å²) in [4.78, 5) is 28.9. The zero-order chi connectivity index (χ0) is 15.2. The molecule has 0 bridgehead atoms. The van der Waals surface area contributed by atoms with Crippen LogP contribution in [0.1, 0.15) is 31.1 Å². The van der Waals surface area contributed by atoms with Crippen molar-refractivity contribution in [3.63, 3.8) is 0 Å². The highest BCUT2D eigenvalue weighted by Gasteiger charge is 2.25. The molecular formula is C13H16BrN3O3S. The highest BCUT2D eigenvalue weighted by molar-refractivity contribution is 9.11. The molecule has 2 amide bonds. The molecule has 6 nitrogen and oxygen atoms in total. The number of amides is 2. The van der Waals surface area contributed by atoms with Crippen LogP contribution in [0.15, 0.2) is 21.1 Å². The van der Waals surface area contributed by atoms with Crippen LogP contribution in [0.3, 0.4) is 0 Å². The number of nitrogens with one attached hydrogen (secondary N) is 2. The van der Waals surface area contributed by atoms with E-state index in [2.05, 4.69) is 31.9 Å². The van der Waals surface area contributed by atoms with Gasteiger partial charge in [-0.3, -0.25) is 20.4 Å². The maximum absolute atomic E-state index is 11.5. The van der Waals surface area contributed by atoms with E-state index in [1.165, 1.54) is 11.3 Å². The Morgan fingerprint density at radius 2 is 2.19 bits per heavy atom. The first-order valence-corrected chi connectivity index (χ1v) is 8.18. The average molecular weight is 374 g/mol. The fraction of sp³-hybridized carbons (Fsp3) is 0.462.